The number of nitriles is 1. The Balaban J connectivity index is 1.69. The van der Waals surface area contributed by atoms with Crippen LogP contribution in [0.4, 0.5) is 17.3 Å². The molecule has 0 amide bonds. The number of hydrogen-bond donors (Lipinski definition) is 3. The fraction of sp³-hybridized carbons (Fsp3) is 0.450. The average Bonchev–Trinajstić information content (AvgIpc) is 3.23. The minimum atomic E-state index is 0.0495. The maximum Gasteiger partial charge on any atom is 0.137 e. The molecule has 2 fully saturated rings. The highest BCUT2D eigenvalue weighted by Gasteiger charge is 2.25. The lowest BCUT2D eigenvalue weighted by atomic mass is 10.2. The van der Waals surface area contributed by atoms with Gasteiger partial charge in [0.2, 0.25) is 0 Å². The molecule has 27 heavy (non-hydrogen) atoms. The monoisotopic (exact) mass is 363 g/mol. The van der Waals surface area contributed by atoms with Crippen LogP contribution in [0.25, 0.3) is 0 Å². The van der Waals surface area contributed by atoms with Crippen molar-refractivity contribution >= 4 is 17.3 Å². The highest BCUT2D eigenvalue weighted by molar-refractivity contribution is 5.67. The third kappa shape index (κ3) is 4.02. The molecule has 3 N–H and O–H groups in total. The van der Waals surface area contributed by atoms with Crippen molar-refractivity contribution in [2.24, 2.45) is 0 Å². The third-order valence-electron chi connectivity index (χ3n) is 5.20. The molecule has 1 aliphatic heterocycles. The number of piperazine rings is 1. The molecule has 0 radical (unpaired) electrons. The van der Waals surface area contributed by atoms with E-state index in [9.17, 15) is 5.26 Å². The first kappa shape index (κ1) is 17.7. The van der Waals surface area contributed by atoms with Gasteiger partial charge in [-0.05, 0) is 25.0 Å². The summed E-state index contributed by atoms with van der Waals surface area (Å²) in [5.41, 5.74) is 1.44. The van der Waals surface area contributed by atoms with E-state index in [0.29, 0.717) is 11.6 Å². The Labute approximate surface area is 159 Å². The lowest BCUT2D eigenvalue weighted by molar-refractivity contribution is 0.420. The van der Waals surface area contributed by atoms with E-state index in [0.717, 1.165) is 49.8 Å². The van der Waals surface area contributed by atoms with Gasteiger partial charge in [-0.15, -0.1) is 0 Å². The number of anilines is 3. The summed E-state index contributed by atoms with van der Waals surface area (Å²) in [7, 11) is 0. The van der Waals surface area contributed by atoms with Gasteiger partial charge in [0.25, 0.3) is 0 Å². The molecule has 2 aliphatic rings. The summed E-state index contributed by atoms with van der Waals surface area (Å²) in [6, 6.07) is 10.6. The molecule has 0 aromatic carbocycles. The number of nitrogens with one attached hydrogen (secondary N) is 3. The van der Waals surface area contributed by atoms with E-state index < -0.39 is 0 Å². The van der Waals surface area contributed by atoms with Gasteiger partial charge in [0.1, 0.15) is 23.9 Å². The molecule has 1 unspecified atom stereocenters. The van der Waals surface area contributed by atoms with Crippen molar-refractivity contribution in [2.75, 3.05) is 29.9 Å². The second kappa shape index (κ2) is 8.33. The van der Waals surface area contributed by atoms with E-state index in [4.69, 9.17) is 0 Å². The maximum absolute atomic E-state index is 9.51. The molecule has 1 saturated carbocycles. The summed E-state index contributed by atoms with van der Waals surface area (Å²) in [6.07, 6.45) is 8.30. The van der Waals surface area contributed by atoms with Gasteiger partial charge in [-0.2, -0.15) is 5.26 Å². The molecule has 2 aromatic rings. The Hall–Kier alpha value is -2.69. The first-order chi connectivity index (χ1) is 13.3. The lowest BCUT2D eigenvalue weighted by Gasteiger charge is -2.35. The summed E-state index contributed by atoms with van der Waals surface area (Å²) >= 11 is 0. The van der Waals surface area contributed by atoms with Gasteiger partial charge < -0.3 is 10.6 Å². The van der Waals surface area contributed by atoms with Crippen molar-refractivity contribution in [3.8, 4) is 6.07 Å². The molecule has 0 bridgehead atoms. The fourth-order valence-corrected chi connectivity index (χ4v) is 3.83. The molecule has 1 atom stereocenters. The van der Waals surface area contributed by atoms with Gasteiger partial charge in [-0.25, -0.2) is 9.97 Å². The van der Waals surface area contributed by atoms with E-state index >= 15 is 0 Å². The van der Waals surface area contributed by atoms with Crippen LogP contribution in [-0.4, -0.2) is 41.8 Å². The minimum absolute atomic E-state index is 0.0495. The molecular weight excluding hydrogens is 338 g/mol. The first-order valence-corrected chi connectivity index (χ1v) is 9.66. The van der Waals surface area contributed by atoms with Crippen LogP contribution in [0.3, 0.4) is 0 Å². The summed E-state index contributed by atoms with van der Waals surface area (Å²) in [5.74, 6) is 1.62. The predicted molar refractivity (Wildman–Crippen MR) is 106 cm³/mol. The number of aromatic nitrogens is 2. The SMILES string of the molecule is N#Cc1cnc(N(c2ccccn2)C2CNCCN2)cc1NC1CCCC1. The predicted octanol–water partition coefficient (Wildman–Crippen LogP) is 2.36. The van der Waals surface area contributed by atoms with Crippen LogP contribution in [0.2, 0.25) is 0 Å². The van der Waals surface area contributed by atoms with Gasteiger partial charge in [-0.1, -0.05) is 18.9 Å². The number of hydrogen-bond acceptors (Lipinski definition) is 7. The Bertz CT molecular complexity index is 790. The van der Waals surface area contributed by atoms with Gasteiger partial charge in [0, 0.05) is 44.1 Å². The zero-order valence-electron chi connectivity index (χ0n) is 15.4. The second-order valence-corrected chi connectivity index (χ2v) is 7.06. The van der Waals surface area contributed by atoms with Crippen molar-refractivity contribution in [2.45, 2.75) is 37.9 Å². The molecule has 4 rings (SSSR count). The van der Waals surface area contributed by atoms with E-state index in [1.165, 1.54) is 12.8 Å². The Kier molecular flexibility index (Phi) is 5.47. The van der Waals surface area contributed by atoms with Crippen molar-refractivity contribution in [1.82, 2.24) is 20.6 Å². The van der Waals surface area contributed by atoms with Crippen molar-refractivity contribution < 1.29 is 0 Å². The summed E-state index contributed by atoms with van der Waals surface area (Å²) in [5, 5.41) is 20.0. The third-order valence-corrected chi connectivity index (χ3v) is 5.20. The van der Waals surface area contributed by atoms with Gasteiger partial charge in [0.15, 0.2) is 0 Å². The Morgan fingerprint density at radius 2 is 2.04 bits per heavy atom. The van der Waals surface area contributed by atoms with Crippen molar-refractivity contribution in [1.29, 1.82) is 5.26 Å². The highest BCUT2D eigenvalue weighted by atomic mass is 15.4. The average molecular weight is 363 g/mol. The Morgan fingerprint density at radius 3 is 2.74 bits per heavy atom. The molecule has 1 aliphatic carbocycles. The van der Waals surface area contributed by atoms with E-state index in [1.807, 2.05) is 24.3 Å². The molecule has 1 saturated heterocycles. The quantitative estimate of drug-likeness (QED) is 0.751. The molecule has 7 nitrogen and oxygen atoms in total. The molecule has 0 spiro atoms. The molecule has 140 valence electrons. The van der Waals surface area contributed by atoms with Crippen LogP contribution in [0.1, 0.15) is 31.2 Å². The van der Waals surface area contributed by atoms with Crippen LogP contribution < -0.4 is 20.9 Å². The zero-order chi connectivity index (χ0) is 18.5. The summed E-state index contributed by atoms with van der Waals surface area (Å²) < 4.78 is 0. The van der Waals surface area contributed by atoms with E-state index in [-0.39, 0.29) is 6.17 Å². The number of pyridine rings is 2. The fourth-order valence-electron chi connectivity index (χ4n) is 3.83. The Morgan fingerprint density at radius 1 is 1.15 bits per heavy atom. The number of nitrogens with zero attached hydrogens (tertiary/aromatic N) is 4. The summed E-state index contributed by atoms with van der Waals surface area (Å²) in [4.78, 5) is 11.2. The largest absolute Gasteiger partial charge is 0.381 e. The standard InChI is InChI=1S/C20H25N7/c21-12-15-13-25-19(11-17(15)26-16-5-1-2-6-16)27(18-7-3-4-8-23-18)20-14-22-9-10-24-20/h3-4,7-8,11,13,16,20,22,24H,1-2,5-6,9-10,14H2,(H,25,26). The molecular formula is C20H25N7. The van der Waals surface area contributed by atoms with Crippen LogP contribution in [-0.2, 0) is 0 Å². The van der Waals surface area contributed by atoms with Gasteiger partial charge in [0.05, 0.1) is 11.3 Å². The van der Waals surface area contributed by atoms with Crippen LogP contribution in [0.5, 0.6) is 0 Å². The van der Waals surface area contributed by atoms with Gasteiger partial charge >= 0.3 is 0 Å². The first-order valence-electron chi connectivity index (χ1n) is 9.66. The van der Waals surface area contributed by atoms with E-state index in [1.54, 1.807) is 12.4 Å². The lowest BCUT2D eigenvalue weighted by Crippen LogP contribution is -2.56. The smallest absolute Gasteiger partial charge is 0.137 e. The van der Waals surface area contributed by atoms with Crippen LogP contribution in [0.15, 0.2) is 36.7 Å². The highest BCUT2D eigenvalue weighted by Crippen LogP contribution is 2.30. The van der Waals surface area contributed by atoms with Crippen LogP contribution in [0, 0.1) is 11.3 Å². The topological polar surface area (TPSA) is 88.9 Å². The normalized spacial score (nSPS) is 20.2. The maximum atomic E-state index is 9.51. The molecule has 3 heterocycles. The summed E-state index contributed by atoms with van der Waals surface area (Å²) in [6.45, 7) is 2.63. The van der Waals surface area contributed by atoms with E-state index in [2.05, 4.69) is 36.9 Å². The second-order valence-electron chi connectivity index (χ2n) is 7.06. The van der Waals surface area contributed by atoms with Crippen LogP contribution >= 0.6 is 0 Å². The minimum Gasteiger partial charge on any atom is -0.381 e. The number of rotatable bonds is 5. The van der Waals surface area contributed by atoms with Crippen molar-refractivity contribution in [3.63, 3.8) is 0 Å². The molecule has 7 heteroatoms. The molecule has 2 aromatic heterocycles. The van der Waals surface area contributed by atoms with Crippen molar-refractivity contribution in [3.05, 3.63) is 42.2 Å². The zero-order valence-corrected chi connectivity index (χ0v) is 15.4. The van der Waals surface area contributed by atoms with Gasteiger partial charge in [-0.3, -0.25) is 10.2 Å².